The molecular formula is C22H33N5O4S. The SMILES string of the molecule is O=C(CN1CCC(NC(=O)C2CC(S(=O)(=O)N3CCCC3)CN2)CC1)Nc1ccccc1. The summed E-state index contributed by atoms with van der Waals surface area (Å²) in [5.41, 5.74) is 0.786. The van der Waals surface area contributed by atoms with E-state index < -0.39 is 21.3 Å². The van der Waals surface area contributed by atoms with E-state index in [2.05, 4.69) is 20.9 Å². The summed E-state index contributed by atoms with van der Waals surface area (Å²) in [6.07, 6.45) is 3.69. The maximum atomic E-state index is 12.7. The fraction of sp³-hybridized carbons (Fsp3) is 0.636. The number of amides is 2. The van der Waals surface area contributed by atoms with Crippen LogP contribution < -0.4 is 16.0 Å². The van der Waals surface area contributed by atoms with Gasteiger partial charge in [-0.3, -0.25) is 14.5 Å². The number of benzene rings is 1. The molecule has 0 spiro atoms. The van der Waals surface area contributed by atoms with E-state index in [4.69, 9.17) is 0 Å². The van der Waals surface area contributed by atoms with Crippen LogP contribution in [0.3, 0.4) is 0 Å². The lowest BCUT2D eigenvalue weighted by Gasteiger charge is -2.32. The minimum atomic E-state index is -3.33. The molecule has 3 heterocycles. The third kappa shape index (κ3) is 5.67. The Labute approximate surface area is 190 Å². The summed E-state index contributed by atoms with van der Waals surface area (Å²) in [6.45, 7) is 3.31. The monoisotopic (exact) mass is 463 g/mol. The Morgan fingerprint density at radius 2 is 1.72 bits per heavy atom. The first kappa shape index (κ1) is 23.2. The van der Waals surface area contributed by atoms with Crippen molar-refractivity contribution in [1.29, 1.82) is 0 Å². The summed E-state index contributed by atoms with van der Waals surface area (Å²) in [5.74, 6) is -0.163. The number of piperidine rings is 1. The van der Waals surface area contributed by atoms with Crippen LogP contribution in [-0.4, -0.2) is 86.0 Å². The van der Waals surface area contributed by atoms with Crippen molar-refractivity contribution in [2.75, 3.05) is 44.6 Å². The molecule has 2 atom stereocenters. The zero-order chi connectivity index (χ0) is 22.6. The summed E-state index contributed by atoms with van der Waals surface area (Å²) in [4.78, 5) is 27.0. The maximum Gasteiger partial charge on any atom is 0.238 e. The molecule has 4 rings (SSSR count). The summed E-state index contributed by atoms with van der Waals surface area (Å²) < 4.78 is 27.1. The first-order chi connectivity index (χ1) is 15.4. The number of nitrogens with zero attached hydrogens (tertiary/aromatic N) is 2. The van der Waals surface area contributed by atoms with Gasteiger partial charge in [0.05, 0.1) is 17.8 Å². The Morgan fingerprint density at radius 3 is 2.41 bits per heavy atom. The van der Waals surface area contributed by atoms with Gasteiger partial charge >= 0.3 is 0 Å². The van der Waals surface area contributed by atoms with Gasteiger partial charge < -0.3 is 16.0 Å². The van der Waals surface area contributed by atoms with E-state index in [-0.39, 0.29) is 17.9 Å². The van der Waals surface area contributed by atoms with Crippen LogP contribution in [0, 0.1) is 0 Å². The third-order valence-corrected chi connectivity index (χ3v) is 8.90. The van der Waals surface area contributed by atoms with Crippen molar-refractivity contribution in [3.8, 4) is 0 Å². The molecule has 176 valence electrons. The molecular weight excluding hydrogens is 430 g/mol. The molecule has 0 radical (unpaired) electrons. The molecule has 3 N–H and O–H groups in total. The first-order valence-electron chi connectivity index (χ1n) is 11.5. The number of anilines is 1. The van der Waals surface area contributed by atoms with Gasteiger partial charge in [-0.05, 0) is 44.2 Å². The number of carbonyl (C=O) groups excluding carboxylic acids is 2. The fourth-order valence-electron chi connectivity index (χ4n) is 4.75. The summed E-state index contributed by atoms with van der Waals surface area (Å²) in [7, 11) is -3.33. The molecule has 0 saturated carbocycles. The first-order valence-corrected chi connectivity index (χ1v) is 13.0. The molecule has 10 heteroatoms. The topological polar surface area (TPSA) is 111 Å². The highest BCUT2D eigenvalue weighted by atomic mass is 32.2. The molecule has 0 bridgehead atoms. The van der Waals surface area contributed by atoms with Crippen LogP contribution in [0.15, 0.2) is 30.3 Å². The second kappa shape index (κ2) is 10.3. The number of likely N-dealkylation sites (tertiary alicyclic amines) is 1. The van der Waals surface area contributed by atoms with Crippen LogP contribution in [0.25, 0.3) is 0 Å². The lowest BCUT2D eigenvalue weighted by atomic mass is 10.0. The molecule has 2 amide bonds. The highest BCUT2D eigenvalue weighted by molar-refractivity contribution is 7.89. The van der Waals surface area contributed by atoms with E-state index in [1.807, 2.05) is 30.3 Å². The molecule has 3 aliphatic rings. The fourth-order valence-corrected chi connectivity index (χ4v) is 6.68. The van der Waals surface area contributed by atoms with E-state index in [0.29, 0.717) is 32.6 Å². The van der Waals surface area contributed by atoms with Crippen LogP contribution >= 0.6 is 0 Å². The van der Waals surface area contributed by atoms with Crippen LogP contribution in [0.1, 0.15) is 32.1 Å². The van der Waals surface area contributed by atoms with E-state index in [0.717, 1.165) is 44.5 Å². The molecule has 3 aliphatic heterocycles. The van der Waals surface area contributed by atoms with Gasteiger partial charge in [-0.15, -0.1) is 0 Å². The number of hydrogen-bond acceptors (Lipinski definition) is 6. The van der Waals surface area contributed by atoms with Crippen LogP contribution in [0.2, 0.25) is 0 Å². The van der Waals surface area contributed by atoms with Gasteiger partial charge in [-0.1, -0.05) is 18.2 Å². The summed E-state index contributed by atoms with van der Waals surface area (Å²) in [6, 6.07) is 8.97. The smallest absolute Gasteiger partial charge is 0.238 e. The van der Waals surface area contributed by atoms with Gasteiger partial charge in [-0.2, -0.15) is 0 Å². The Hall–Kier alpha value is -2.01. The minimum absolute atomic E-state index is 0.0425. The highest BCUT2D eigenvalue weighted by Gasteiger charge is 2.41. The number of rotatable bonds is 7. The van der Waals surface area contributed by atoms with Crippen molar-refractivity contribution in [2.24, 2.45) is 0 Å². The van der Waals surface area contributed by atoms with Crippen LogP contribution in [-0.2, 0) is 19.6 Å². The molecule has 1 aromatic rings. The molecule has 9 nitrogen and oxygen atoms in total. The molecule has 3 fully saturated rings. The van der Waals surface area contributed by atoms with E-state index >= 15 is 0 Å². The Morgan fingerprint density at radius 1 is 1.03 bits per heavy atom. The quantitative estimate of drug-likeness (QED) is 0.539. The van der Waals surface area contributed by atoms with Crippen molar-refractivity contribution in [3.05, 3.63) is 30.3 Å². The van der Waals surface area contributed by atoms with Crippen molar-refractivity contribution in [3.63, 3.8) is 0 Å². The number of sulfonamides is 1. The molecule has 0 aliphatic carbocycles. The van der Waals surface area contributed by atoms with E-state index in [1.165, 1.54) is 0 Å². The standard InChI is InChI=1S/C22H33N5O4S/c28-21(24-17-6-2-1-3-7-17)16-26-12-8-18(9-13-26)25-22(29)20-14-19(15-23-20)32(30,31)27-10-4-5-11-27/h1-3,6-7,18-20,23H,4-5,8-16H2,(H,24,28)(H,25,29). The molecule has 1 aromatic carbocycles. The van der Waals surface area contributed by atoms with Gasteiger partial charge in [0.15, 0.2) is 0 Å². The van der Waals surface area contributed by atoms with Crippen LogP contribution in [0.5, 0.6) is 0 Å². The Kier molecular flexibility index (Phi) is 7.44. The van der Waals surface area contributed by atoms with Gasteiger partial charge in [0.2, 0.25) is 21.8 Å². The largest absolute Gasteiger partial charge is 0.352 e. The predicted octanol–water partition coefficient (Wildman–Crippen LogP) is 0.362. The minimum Gasteiger partial charge on any atom is -0.352 e. The lowest BCUT2D eigenvalue weighted by molar-refractivity contribution is -0.124. The van der Waals surface area contributed by atoms with Gasteiger partial charge in [0.25, 0.3) is 0 Å². The van der Waals surface area contributed by atoms with E-state index in [1.54, 1.807) is 4.31 Å². The number of nitrogens with one attached hydrogen (secondary N) is 3. The van der Waals surface area contributed by atoms with Crippen molar-refractivity contribution in [2.45, 2.75) is 49.4 Å². The zero-order valence-corrected chi connectivity index (χ0v) is 19.1. The summed E-state index contributed by atoms with van der Waals surface area (Å²) in [5, 5.41) is 8.55. The average molecular weight is 464 g/mol. The molecule has 3 saturated heterocycles. The molecule has 2 unspecified atom stereocenters. The van der Waals surface area contributed by atoms with Gasteiger partial charge in [0, 0.05) is 44.5 Å². The van der Waals surface area contributed by atoms with Gasteiger partial charge in [0.1, 0.15) is 0 Å². The summed E-state index contributed by atoms with van der Waals surface area (Å²) >= 11 is 0. The second-order valence-corrected chi connectivity index (χ2v) is 11.2. The number of para-hydroxylation sites is 1. The lowest BCUT2D eigenvalue weighted by Crippen LogP contribution is -2.50. The zero-order valence-electron chi connectivity index (χ0n) is 18.3. The van der Waals surface area contributed by atoms with Crippen molar-refractivity contribution in [1.82, 2.24) is 19.8 Å². The molecule has 32 heavy (non-hydrogen) atoms. The van der Waals surface area contributed by atoms with Crippen molar-refractivity contribution >= 4 is 27.5 Å². The third-order valence-electron chi connectivity index (χ3n) is 6.61. The second-order valence-electron chi connectivity index (χ2n) is 8.94. The molecule has 0 aromatic heterocycles. The Balaban J connectivity index is 1.18. The van der Waals surface area contributed by atoms with E-state index in [9.17, 15) is 18.0 Å². The predicted molar refractivity (Wildman–Crippen MR) is 123 cm³/mol. The Bertz CT molecular complexity index is 896. The average Bonchev–Trinajstić information content (AvgIpc) is 3.49. The van der Waals surface area contributed by atoms with Crippen LogP contribution in [0.4, 0.5) is 5.69 Å². The normalized spacial score (nSPS) is 25.6. The maximum absolute atomic E-state index is 12.7. The number of carbonyl (C=O) groups is 2. The number of hydrogen-bond donors (Lipinski definition) is 3. The highest BCUT2D eigenvalue weighted by Crippen LogP contribution is 2.23. The van der Waals surface area contributed by atoms with Gasteiger partial charge in [-0.25, -0.2) is 12.7 Å². The van der Waals surface area contributed by atoms with Crippen molar-refractivity contribution < 1.29 is 18.0 Å².